The molecule has 0 bridgehead atoms. The zero-order chi connectivity index (χ0) is 36.4. The summed E-state index contributed by atoms with van der Waals surface area (Å²) in [6, 6.07) is 24.2. The highest BCUT2D eigenvalue weighted by molar-refractivity contribution is 9.10. The van der Waals surface area contributed by atoms with Crippen LogP contribution >= 0.6 is 27.5 Å². The van der Waals surface area contributed by atoms with Crippen LogP contribution in [0.5, 0.6) is 17.2 Å². The Labute approximate surface area is 307 Å². The molecule has 50 heavy (non-hydrogen) atoms. The zero-order valence-corrected chi connectivity index (χ0v) is 31.7. The van der Waals surface area contributed by atoms with Crippen molar-refractivity contribution in [3.05, 3.63) is 112 Å². The third-order valence-corrected chi connectivity index (χ3v) is 10.7. The number of amides is 2. The number of ether oxygens (including phenoxy) is 3. The second-order valence-electron chi connectivity index (χ2n) is 11.5. The Morgan fingerprint density at radius 1 is 0.840 bits per heavy atom. The number of methoxy groups -OCH3 is 3. The fourth-order valence-corrected chi connectivity index (χ4v) is 7.12. The summed E-state index contributed by atoms with van der Waals surface area (Å²) in [5.41, 5.74) is 1.61. The molecule has 4 aromatic rings. The van der Waals surface area contributed by atoms with Gasteiger partial charge < -0.3 is 24.4 Å². The average molecular weight is 787 g/mol. The van der Waals surface area contributed by atoms with Gasteiger partial charge in [0.2, 0.25) is 11.8 Å². The molecule has 2 amide bonds. The van der Waals surface area contributed by atoms with E-state index in [1.807, 2.05) is 68.4 Å². The molecule has 0 saturated heterocycles. The Morgan fingerprint density at radius 3 is 2.10 bits per heavy atom. The number of hydrogen-bond donors (Lipinski definition) is 1. The molecule has 266 valence electrons. The lowest BCUT2D eigenvalue weighted by atomic mass is 10.0. The van der Waals surface area contributed by atoms with Crippen LogP contribution in [0.3, 0.4) is 0 Å². The van der Waals surface area contributed by atoms with E-state index < -0.39 is 28.5 Å². The molecule has 10 nitrogen and oxygen atoms in total. The van der Waals surface area contributed by atoms with Crippen LogP contribution in [0.25, 0.3) is 0 Å². The Kier molecular flexibility index (Phi) is 13.6. The number of benzene rings is 4. The SMILES string of the molecule is CC[C@@H](C)NC(=O)[C@@H](Cc1ccccc1)N(Cc1ccc(Br)cc1)C(=O)CN(c1cc(Cl)ccc1OC)S(=O)(=O)c1ccc(OC)c(OC)c1. The molecular formula is C37H41BrClN3O7S. The van der Waals surface area contributed by atoms with E-state index in [4.69, 9.17) is 25.8 Å². The molecule has 0 spiro atoms. The highest BCUT2D eigenvalue weighted by Gasteiger charge is 2.36. The largest absolute Gasteiger partial charge is 0.495 e. The van der Waals surface area contributed by atoms with Gasteiger partial charge in [-0.2, -0.15) is 0 Å². The van der Waals surface area contributed by atoms with Crippen LogP contribution in [0.2, 0.25) is 5.02 Å². The number of nitrogens with one attached hydrogen (secondary N) is 1. The second-order valence-corrected chi connectivity index (χ2v) is 14.7. The third-order valence-electron chi connectivity index (χ3n) is 8.17. The van der Waals surface area contributed by atoms with Crippen LogP contribution in [0.4, 0.5) is 5.69 Å². The molecule has 0 aliphatic rings. The first-order chi connectivity index (χ1) is 23.9. The van der Waals surface area contributed by atoms with Gasteiger partial charge >= 0.3 is 0 Å². The van der Waals surface area contributed by atoms with Crippen molar-refractivity contribution in [3.8, 4) is 17.2 Å². The highest BCUT2D eigenvalue weighted by Crippen LogP contribution is 2.37. The molecule has 0 aliphatic carbocycles. The van der Waals surface area contributed by atoms with Crippen molar-refractivity contribution in [2.75, 3.05) is 32.2 Å². The van der Waals surface area contributed by atoms with Gasteiger partial charge in [-0.15, -0.1) is 0 Å². The summed E-state index contributed by atoms with van der Waals surface area (Å²) in [6.07, 6.45) is 0.866. The summed E-state index contributed by atoms with van der Waals surface area (Å²) in [5, 5.41) is 3.26. The van der Waals surface area contributed by atoms with Gasteiger partial charge in [-0.05, 0) is 66.9 Å². The van der Waals surface area contributed by atoms with Crippen LogP contribution in [0.1, 0.15) is 31.4 Å². The number of carbonyl (C=O) groups is 2. The molecule has 0 heterocycles. The van der Waals surface area contributed by atoms with Crippen LogP contribution in [-0.2, 0) is 32.6 Å². The minimum atomic E-state index is -4.49. The molecule has 0 unspecified atom stereocenters. The van der Waals surface area contributed by atoms with Gasteiger partial charge in [-0.25, -0.2) is 8.42 Å². The first-order valence-electron chi connectivity index (χ1n) is 15.9. The molecule has 4 rings (SSSR count). The van der Waals surface area contributed by atoms with Crippen molar-refractivity contribution in [2.24, 2.45) is 0 Å². The lowest BCUT2D eigenvalue weighted by molar-refractivity contribution is -0.140. The summed E-state index contributed by atoms with van der Waals surface area (Å²) in [6.45, 7) is 3.18. The lowest BCUT2D eigenvalue weighted by Gasteiger charge is -2.34. The van der Waals surface area contributed by atoms with Crippen molar-refractivity contribution in [1.82, 2.24) is 10.2 Å². The first-order valence-corrected chi connectivity index (χ1v) is 18.5. The Morgan fingerprint density at radius 2 is 1.48 bits per heavy atom. The van der Waals surface area contributed by atoms with Gasteiger partial charge in [0.1, 0.15) is 18.3 Å². The van der Waals surface area contributed by atoms with E-state index in [9.17, 15) is 18.0 Å². The van der Waals surface area contributed by atoms with Crippen molar-refractivity contribution < 1.29 is 32.2 Å². The predicted octanol–water partition coefficient (Wildman–Crippen LogP) is 6.88. The lowest BCUT2D eigenvalue weighted by Crippen LogP contribution is -2.54. The van der Waals surface area contributed by atoms with E-state index in [1.54, 1.807) is 6.07 Å². The van der Waals surface area contributed by atoms with Gasteiger partial charge in [0.05, 0.1) is 31.9 Å². The minimum absolute atomic E-state index is 0.0223. The van der Waals surface area contributed by atoms with E-state index in [-0.39, 0.29) is 52.0 Å². The minimum Gasteiger partial charge on any atom is -0.495 e. The fourth-order valence-electron chi connectivity index (χ4n) is 5.26. The average Bonchev–Trinajstić information content (AvgIpc) is 3.12. The molecule has 0 fully saturated rings. The van der Waals surface area contributed by atoms with Crippen molar-refractivity contribution >= 4 is 55.1 Å². The van der Waals surface area contributed by atoms with Crippen LogP contribution in [0, 0.1) is 0 Å². The maximum atomic E-state index is 14.8. The van der Waals surface area contributed by atoms with E-state index in [0.717, 1.165) is 19.9 Å². The van der Waals surface area contributed by atoms with Crippen molar-refractivity contribution in [3.63, 3.8) is 0 Å². The van der Waals surface area contributed by atoms with Gasteiger partial charge in [0.15, 0.2) is 11.5 Å². The van der Waals surface area contributed by atoms with Crippen LogP contribution in [-0.4, -0.2) is 65.1 Å². The van der Waals surface area contributed by atoms with E-state index in [0.29, 0.717) is 12.2 Å². The Balaban J connectivity index is 1.88. The Hall–Kier alpha value is -4.26. The normalized spacial score (nSPS) is 12.4. The molecule has 2 atom stereocenters. The summed E-state index contributed by atoms with van der Waals surface area (Å²) < 4.78 is 47.2. The monoisotopic (exact) mass is 785 g/mol. The number of nitrogens with zero attached hydrogens (tertiary/aromatic N) is 2. The molecule has 0 radical (unpaired) electrons. The second kappa shape index (κ2) is 17.6. The standard InChI is InChI=1S/C37H41BrClN3O7S/c1-6-25(2)40-37(44)32(20-26-10-8-7-9-11-26)41(23-27-12-14-28(38)15-13-27)36(43)24-42(31-21-29(39)16-18-33(31)47-3)50(45,46)30-17-19-34(48-4)35(22-30)49-5/h7-19,21-22,25,32H,6,20,23-24H2,1-5H3,(H,40,44)/t25-,32-/m1/s1. The third kappa shape index (κ3) is 9.49. The molecular weight excluding hydrogens is 746 g/mol. The summed E-state index contributed by atoms with van der Waals surface area (Å²) in [5.74, 6) is -0.311. The quantitative estimate of drug-likeness (QED) is 0.132. The highest BCUT2D eigenvalue weighted by atomic mass is 79.9. The number of carbonyl (C=O) groups excluding carboxylic acids is 2. The van der Waals surface area contributed by atoms with E-state index in [2.05, 4.69) is 21.2 Å². The molecule has 0 aliphatic heterocycles. The number of anilines is 1. The number of halogens is 2. The summed E-state index contributed by atoms with van der Waals surface area (Å²) in [4.78, 5) is 30.1. The maximum Gasteiger partial charge on any atom is 0.265 e. The van der Waals surface area contributed by atoms with Gasteiger partial charge in [0, 0.05) is 34.6 Å². The topological polar surface area (TPSA) is 114 Å². The van der Waals surface area contributed by atoms with Gasteiger partial charge in [-0.1, -0.05) is 76.9 Å². The van der Waals surface area contributed by atoms with E-state index in [1.165, 1.54) is 56.6 Å². The molecule has 13 heteroatoms. The summed E-state index contributed by atoms with van der Waals surface area (Å²) in [7, 11) is -0.260. The summed E-state index contributed by atoms with van der Waals surface area (Å²) >= 11 is 9.85. The number of hydrogen-bond acceptors (Lipinski definition) is 7. The van der Waals surface area contributed by atoms with Gasteiger partial charge in [0.25, 0.3) is 10.0 Å². The molecule has 4 aromatic carbocycles. The van der Waals surface area contributed by atoms with Crippen LogP contribution in [0.15, 0.2) is 100 Å². The van der Waals surface area contributed by atoms with Crippen LogP contribution < -0.4 is 23.8 Å². The Bertz CT molecular complexity index is 1880. The molecule has 0 aromatic heterocycles. The molecule has 0 saturated carbocycles. The molecule has 1 N–H and O–H groups in total. The maximum absolute atomic E-state index is 14.8. The van der Waals surface area contributed by atoms with Crippen molar-refractivity contribution in [1.29, 1.82) is 0 Å². The zero-order valence-electron chi connectivity index (χ0n) is 28.6. The predicted molar refractivity (Wildman–Crippen MR) is 199 cm³/mol. The van der Waals surface area contributed by atoms with Crippen molar-refractivity contribution in [2.45, 2.75) is 50.2 Å². The fraction of sp³-hybridized carbons (Fsp3) is 0.297. The van der Waals surface area contributed by atoms with Gasteiger partial charge in [-0.3, -0.25) is 13.9 Å². The van der Waals surface area contributed by atoms with E-state index >= 15 is 0 Å². The first kappa shape index (κ1) is 38.5. The smallest absolute Gasteiger partial charge is 0.265 e. The number of sulfonamides is 1. The number of rotatable bonds is 16.